The van der Waals surface area contributed by atoms with Crippen LogP contribution in [0.3, 0.4) is 0 Å². The van der Waals surface area contributed by atoms with Gasteiger partial charge in [0, 0.05) is 37.4 Å². The van der Waals surface area contributed by atoms with Crippen LogP contribution >= 0.6 is 0 Å². The molecule has 6 heteroatoms. The average molecular weight is 418 g/mol. The van der Waals surface area contributed by atoms with Crippen LogP contribution in [-0.4, -0.2) is 38.7 Å². The number of aromatic nitrogens is 3. The summed E-state index contributed by atoms with van der Waals surface area (Å²) in [4.78, 5) is 20.6. The number of rotatable bonds is 5. The topological polar surface area (TPSA) is 63.1 Å². The molecule has 1 amide bonds. The van der Waals surface area contributed by atoms with E-state index in [1.807, 2.05) is 32.2 Å². The van der Waals surface area contributed by atoms with E-state index in [2.05, 4.69) is 34.4 Å². The zero-order valence-electron chi connectivity index (χ0n) is 18.7. The van der Waals surface area contributed by atoms with Gasteiger partial charge in [-0.3, -0.25) is 14.4 Å². The highest BCUT2D eigenvalue weighted by atomic mass is 16.1. The van der Waals surface area contributed by atoms with Gasteiger partial charge in [-0.2, -0.15) is 5.10 Å². The van der Waals surface area contributed by atoms with Crippen LogP contribution in [0.25, 0.3) is 11.0 Å². The van der Waals surface area contributed by atoms with Gasteiger partial charge in [-0.05, 0) is 68.8 Å². The number of likely N-dealkylation sites (tertiary alicyclic amines) is 1. The van der Waals surface area contributed by atoms with Gasteiger partial charge in [-0.1, -0.05) is 19.1 Å². The molecule has 1 aliphatic carbocycles. The van der Waals surface area contributed by atoms with Crippen LogP contribution < -0.4 is 5.32 Å². The van der Waals surface area contributed by atoms with Crippen LogP contribution in [0, 0.1) is 12.8 Å². The second kappa shape index (κ2) is 8.08. The van der Waals surface area contributed by atoms with E-state index >= 15 is 0 Å². The standard InChI is InChI=1S/C25H31N5O/c1-16-5-4-12-30(14-16)15-18-6-10-20(11-7-18)26-25(31)21-13-22(19-8-9-19)27-24-23(21)17(2)28-29(24)3/h6-7,10-11,13,16,19H,4-5,8-9,12,14-15H2,1-3H3,(H,26,31). The first-order chi connectivity index (χ1) is 15.0. The molecule has 3 aromatic rings. The molecule has 0 bridgehead atoms. The second-order valence-corrected chi connectivity index (χ2v) is 9.41. The number of hydrogen-bond donors (Lipinski definition) is 1. The van der Waals surface area contributed by atoms with Gasteiger partial charge in [0.2, 0.25) is 0 Å². The van der Waals surface area contributed by atoms with Crippen LogP contribution in [0.15, 0.2) is 30.3 Å². The van der Waals surface area contributed by atoms with Crippen LogP contribution in [0.5, 0.6) is 0 Å². The van der Waals surface area contributed by atoms with Crippen molar-refractivity contribution in [3.63, 3.8) is 0 Å². The molecule has 1 atom stereocenters. The zero-order chi connectivity index (χ0) is 21.5. The summed E-state index contributed by atoms with van der Waals surface area (Å²) >= 11 is 0. The third kappa shape index (κ3) is 4.22. The minimum Gasteiger partial charge on any atom is -0.322 e. The van der Waals surface area contributed by atoms with Crippen LogP contribution in [0.1, 0.15) is 65.8 Å². The summed E-state index contributed by atoms with van der Waals surface area (Å²) in [6, 6.07) is 10.2. The summed E-state index contributed by atoms with van der Waals surface area (Å²) in [6.07, 6.45) is 4.91. The Morgan fingerprint density at radius 3 is 2.68 bits per heavy atom. The lowest BCUT2D eigenvalue weighted by atomic mass is 10.00. The first-order valence-corrected chi connectivity index (χ1v) is 11.4. The van der Waals surface area contributed by atoms with E-state index in [-0.39, 0.29) is 5.91 Å². The van der Waals surface area contributed by atoms with E-state index < -0.39 is 0 Å². The fraction of sp³-hybridized carbons (Fsp3) is 0.480. The van der Waals surface area contributed by atoms with Gasteiger partial charge in [0.15, 0.2) is 5.65 Å². The highest BCUT2D eigenvalue weighted by Crippen LogP contribution is 2.40. The maximum absolute atomic E-state index is 13.2. The average Bonchev–Trinajstić information content (AvgIpc) is 3.55. The van der Waals surface area contributed by atoms with Gasteiger partial charge in [0.1, 0.15) is 0 Å². The third-order valence-corrected chi connectivity index (χ3v) is 6.59. The quantitative estimate of drug-likeness (QED) is 0.657. The number of piperidine rings is 1. The monoisotopic (exact) mass is 417 g/mol. The van der Waals surface area contributed by atoms with Gasteiger partial charge in [0.25, 0.3) is 5.91 Å². The Morgan fingerprint density at radius 1 is 1.19 bits per heavy atom. The predicted molar refractivity (Wildman–Crippen MR) is 123 cm³/mol. The smallest absolute Gasteiger partial charge is 0.256 e. The zero-order valence-corrected chi connectivity index (χ0v) is 18.7. The highest BCUT2D eigenvalue weighted by Gasteiger charge is 2.28. The number of nitrogens with zero attached hydrogens (tertiary/aromatic N) is 4. The minimum atomic E-state index is -0.0944. The number of carbonyl (C=O) groups excluding carboxylic acids is 1. The van der Waals surface area contributed by atoms with Gasteiger partial charge >= 0.3 is 0 Å². The molecule has 31 heavy (non-hydrogen) atoms. The molecule has 6 nitrogen and oxygen atoms in total. The number of carbonyl (C=O) groups is 1. The molecule has 5 rings (SSSR count). The van der Waals surface area contributed by atoms with Gasteiger partial charge < -0.3 is 5.32 Å². The van der Waals surface area contributed by atoms with Crippen molar-refractivity contribution in [2.24, 2.45) is 13.0 Å². The van der Waals surface area contributed by atoms with Gasteiger partial charge in [0.05, 0.1) is 16.6 Å². The highest BCUT2D eigenvalue weighted by molar-refractivity contribution is 6.12. The second-order valence-electron chi connectivity index (χ2n) is 9.41. The number of pyridine rings is 1. The fourth-order valence-corrected chi connectivity index (χ4v) is 4.81. The Bertz CT molecular complexity index is 1110. The maximum atomic E-state index is 13.2. The Hall–Kier alpha value is -2.73. The largest absolute Gasteiger partial charge is 0.322 e. The molecule has 3 heterocycles. The van der Waals surface area contributed by atoms with E-state index in [4.69, 9.17) is 4.98 Å². The molecular weight excluding hydrogens is 386 g/mol. The molecule has 0 spiro atoms. The summed E-state index contributed by atoms with van der Waals surface area (Å²) in [7, 11) is 1.89. The molecule has 1 unspecified atom stereocenters. The number of nitrogens with one attached hydrogen (secondary N) is 1. The van der Waals surface area contributed by atoms with Crippen molar-refractivity contribution in [2.75, 3.05) is 18.4 Å². The number of benzene rings is 1. The van der Waals surface area contributed by atoms with Crippen molar-refractivity contribution in [3.05, 3.63) is 52.8 Å². The minimum absolute atomic E-state index is 0.0944. The lowest BCUT2D eigenvalue weighted by Gasteiger charge is -2.30. The Labute approximate surface area is 183 Å². The molecule has 1 saturated heterocycles. The van der Waals surface area contributed by atoms with Crippen molar-refractivity contribution < 1.29 is 4.79 Å². The lowest BCUT2D eigenvalue weighted by Crippen LogP contribution is -2.33. The van der Waals surface area contributed by atoms with E-state index in [0.29, 0.717) is 11.5 Å². The normalized spacial score (nSPS) is 19.6. The van der Waals surface area contributed by atoms with E-state index in [9.17, 15) is 4.79 Å². The predicted octanol–water partition coefficient (Wildman–Crippen LogP) is 4.64. The molecular formula is C25H31N5O. The summed E-state index contributed by atoms with van der Waals surface area (Å²) in [5.74, 6) is 1.16. The Morgan fingerprint density at radius 2 is 1.97 bits per heavy atom. The van der Waals surface area contributed by atoms with Crippen molar-refractivity contribution in [3.8, 4) is 0 Å². The molecule has 1 saturated carbocycles. The molecule has 2 aliphatic rings. The Balaban J connectivity index is 1.35. The molecule has 0 radical (unpaired) electrons. The van der Waals surface area contributed by atoms with Crippen molar-refractivity contribution in [1.29, 1.82) is 0 Å². The molecule has 2 fully saturated rings. The number of aryl methyl sites for hydroxylation is 2. The van der Waals surface area contributed by atoms with E-state index in [1.165, 1.54) is 31.5 Å². The molecule has 2 aromatic heterocycles. The number of amides is 1. The maximum Gasteiger partial charge on any atom is 0.256 e. The van der Waals surface area contributed by atoms with Gasteiger partial charge in [-0.25, -0.2) is 4.98 Å². The van der Waals surface area contributed by atoms with Crippen molar-refractivity contribution in [1.82, 2.24) is 19.7 Å². The lowest BCUT2D eigenvalue weighted by molar-refractivity contribution is 0.102. The fourth-order valence-electron chi connectivity index (χ4n) is 4.81. The molecule has 1 aliphatic heterocycles. The van der Waals surface area contributed by atoms with Crippen molar-refractivity contribution >= 4 is 22.6 Å². The Kier molecular flexibility index (Phi) is 5.26. The SMILES string of the molecule is Cc1nn(C)c2nc(C3CC3)cc(C(=O)Nc3ccc(CN4CCCC(C)C4)cc3)c12. The van der Waals surface area contributed by atoms with E-state index in [0.717, 1.165) is 53.4 Å². The van der Waals surface area contributed by atoms with Crippen LogP contribution in [-0.2, 0) is 13.6 Å². The summed E-state index contributed by atoms with van der Waals surface area (Å²) < 4.78 is 1.78. The third-order valence-electron chi connectivity index (χ3n) is 6.59. The first-order valence-electron chi connectivity index (χ1n) is 11.4. The van der Waals surface area contributed by atoms with Gasteiger partial charge in [-0.15, -0.1) is 0 Å². The van der Waals surface area contributed by atoms with Crippen LogP contribution in [0.2, 0.25) is 0 Å². The summed E-state index contributed by atoms with van der Waals surface area (Å²) in [6.45, 7) is 7.59. The van der Waals surface area contributed by atoms with E-state index in [1.54, 1.807) is 4.68 Å². The first kappa shape index (κ1) is 20.2. The molecule has 1 aromatic carbocycles. The summed E-state index contributed by atoms with van der Waals surface area (Å²) in [5, 5.41) is 8.44. The molecule has 162 valence electrons. The molecule has 1 N–H and O–H groups in total. The number of anilines is 1. The van der Waals surface area contributed by atoms with Crippen molar-refractivity contribution in [2.45, 2.75) is 52.0 Å². The number of hydrogen-bond acceptors (Lipinski definition) is 4. The number of fused-ring (bicyclic) bond motifs is 1. The summed E-state index contributed by atoms with van der Waals surface area (Å²) in [5.41, 5.74) is 5.41. The van der Waals surface area contributed by atoms with Crippen LogP contribution in [0.4, 0.5) is 5.69 Å².